The lowest BCUT2D eigenvalue weighted by molar-refractivity contribution is 0.0695. The van der Waals surface area contributed by atoms with Crippen molar-refractivity contribution in [2.45, 2.75) is 0 Å². The van der Waals surface area contributed by atoms with Gasteiger partial charge in [-0.2, -0.15) is 22.1 Å². The Morgan fingerprint density at radius 2 is 1.88 bits per heavy atom. The third kappa shape index (κ3) is 3.41. The number of carbonyl (C=O) groups is 1. The third-order valence-corrected chi connectivity index (χ3v) is 6.04. The Hall–Kier alpha value is -2.30. The smallest absolute Gasteiger partial charge is 0.281 e. The first-order valence-corrected chi connectivity index (χ1v) is 9.22. The summed E-state index contributed by atoms with van der Waals surface area (Å²) in [4.78, 5) is 18.6. The number of amides is 1. The van der Waals surface area contributed by atoms with Gasteiger partial charge >= 0.3 is 0 Å². The summed E-state index contributed by atoms with van der Waals surface area (Å²) in [5.74, 6) is -0.158. The SMILES string of the molecule is CN(C)S(=O)(=O)N1CCN(C(=O)c2ccncc2-n2cccn2)CC1. The van der Waals surface area contributed by atoms with Gasteiger partial charge in [-0.05, 0) is 12.1 Å². The minimum Gasteiger partial charge on any atom is -0.336 e. The predicted octanol–water partition coefficient (Wildman–Crippen LogP) is -0.168. The maximum Gasteiger partial charge on any atom is 0.281 e. The highest BCUT2D eigenvalue weighted by Gasteiger charge is 2.31. The van der Waals surface area contributed by atoms with Crippen LogP contribution in [0.25, 0.3) is 5.69 Å². The van der Waals surface area contributed by atoms with Crippen molar-refractivity contribution in [3.05, 3.63) is 42.5 Å². The van der Waals surface area contributed by atoms with E-state index in [-0.39, 0.29) is 19.0 Å². The summed E-state index contributed by atoms with van der Waals surface area (Å²) in [6, 6.07) is 3.43. The lowest BCUT2D eigenvalue weighted by Gasteiger charge is -2.35. The van der Waals surface area contributed by atoms with Gasteiger partial charge in [-0.15, -0.1) is 0 Å². The molecule has 1 aliphatic heterocycles. The minimum atomic E-state index is -3.45. The van der Waals surface area contributed by atoms with Gasteiger partial charge in [0.2, 0.25) is 0 Å². The van der Waals surface area contributed by atoms with Crippen molar-refractivity contribution in [1.82, 2.24) is 28.3 Å². The maximum atomic E-state index is 12.9. The van der Waals surface area contributed by atoms with Crippen LogP contribution in [-0.2, 0) is 10.2 Å². The summed E-state index contributed by atoms with van der Waals surface area (Å²) in [6.07, 6.45) is 6.53. The van der Waals surface area contributed by atoms with E-state index >= 15 is 0 Å². The molecule has 0 spiro atoms. The molecule has 2 aromatic heterocycles. The molecule has 0 saturated carbocycles. The highest BCUT2D eigenvalue weighted by atomic mass is 32.2. The fraction of sp³-hybridized carbons (Fsp3) is 0.400. The van der Waals surface area contributed by atoms with E-state index in [2.05, 4.69) is 10.1 Å². The van der Waals surface area contributed by atoms with Crippen LogP contribution >= 0.6 is 0 Å². The molecular weight excluding hydrogens is 344 g/mol. The van der Waals surface area contributed by atoms with E-state index in [9.17, 15) is 13.2 Å². The third-order valence-electron chi connectivity index (χ3n) is 4.10. The first-order valence-electron chi connectivity index (χ1n) is 7.82. The standard InChI is InChI=1S/C15H20N6O3S/c1-18(2)25(23,24)20-10-8-19(9-11-20)15(22)13-4-6-16-12-14(13)21-7-3-5-17-21/h3-7,12H,8-11H2,1-2H3. The van der Waals surface area contributed by atoms with Crippen molar-refractivity contribution < 1.29 is 13.2 Å². The van der Waals surface area contributed by atoms with Crippen LogP contribution < -0.4 is 0 Å². The van der Waals surface area contributed by atoms with Gasteiger partial charge in [0.05, 0.1) is 17.4 Å². The Bertz CT molecular complexity index is 842. The Balaban J connectivity index is 1.77. The van der Waals surface area contributed by atoms with Gasteiger partial charge in [-0.25, -0.2) is 4.68 Å². The number of aromatic nitrogens is 3. The summed E-state index contributed by atoms with van der Waals surface area (Å²) < 4.78 is 28.5. The largest absolute Gasteiger partial charge is 0.336 e. The number of carbonyl (C=O) groups excluding carboxylic acids is 1. The molecule has 0 unspecified atom stereocenters. The van der Waals surface area contributed by atoms with Gasteiger partial charge in [0.25, 0.3) is 16.1 Å². The van der Waals surface area contributed by atoms with E-state index in [1.54, 1.807) is 46.5 Å². The molecular formula is C15H20N6O3S. The number of hydrogen-bond acceptors (Lipinski definition) is 5. The number of pyridine rings is 1. The van der Waals surface area contributed by atoms with Gasteiger partial charge in [0.15, 0.2) is 0 Å². The quantitative estimate of drug-likeness (QED) is 0.751. The molecule has 1 fully saturated rings. The number of hydrogen-bond donors (Lipinski definition) is 0. The molecule has 2 aromatic rings. The highest BCUT2D eigenvalue weighted by Crippen LogP contribution is 2.17. The van der Waals surface area contributed by atoms with E-state index < -0.39 is 10.2 Å². The first kappa shape index (κ1) is 17.5. The van der Waals surface area contributed by atoms with Gasteiger partial charge in [-0.3, -0.25) is 9.78 Å². The van der Waals surface area contributed by atoms with Crippen LogP contribution in [0.5, 0.6) is 0 Å². The molecule has 3 heterocycles. The van der Waals surface area contributed by atoms with Crippen LogP contribution in [0.1, 0.15) is 10.4 Å². The van der Waals surface area contributed by atoms with Gasteiger partial charge in [0.1, 0.15) is 0 Å². The molecule has 1 aliphatic rings. The van der Waals surface area contributed by atoms with Crippen molar-refractivity contribution in [3.63, 3.8) is 0 Å². The second-order valence-corrected chi connectivity index (χ2v) is 7.97. The fourth-order valence-electron chi connectivity index (χ4n) is 2.68. The second kappa shape index (κ2) is 6.90. The Morgan fingerprint density at radius 1 is 1.16 bits per heavy atom. The van der Waals surface area contributed by atoms with E-state index in [1.165, 1.54) is 22.7 Å². The van der Waals surface area contributed by atoms with Gasteiger partial charge in [-0.1, -0.05) is 0 Å². The average molecular weight is 364 g/mol. The minimum absolute atomic E-state index is 0.158. The van der Waals surface area contributed by atoms with Gasteiger partial charge in [0, 0.05) is 58.9 Å². The van der Waals surface area contributed by atoms with Crippen LogP contribution in [0.4, 0.5) is 0 Å². The number of nitrogens with zero attached hydrogens (tertiary/aromatic N) is 6. The van der Waals surface area contributed by atoms with Crippen molar-refractivity contribution >= 4 is 16.1 Å². The average Bonchev–Trinajstić information content (AvgIpc) is 3.15. The first-order chi connectivity index (χ1) is 11.9. The molecule has 1 amide bonds. The summed E-state index contributed by atoms with van der Waals surface area (Å²) in [5.41, 5.74) is 1.09. The molecule has 9 nitrogen and oxygen atoms in total. The summed E-state index contributed by atoms with van der Waals surface area (Å²) in [6.45, 7) is 1.22. The normalized spacial score (nSPS) is 16.4. The molecule has 0 N–H and O–H groups in total. The van der Waals surface area contributed by atoms with Gasteiger partial charge < -0.3 is 4.90 Å². The fourth-order valence-corrected chi connectivity index (χ4v) is 3.77. The van der Waals surface area contributed by atoms with E-state index in [0.29, 0.717) is 24.3 Å². The Morgan fingerprint density at radius 3 is 2.48 bits per heavy atom. The molecule has 25 heavy (non-hydrogen) atoms. The van der Waals surface area contributed by atoms with Crippen molar-refractivity contribution in [1.29, 1.82) is 0 Å². The highest BCUT2D eigenvalue weighted by molar-refractivity contribution is 7.86. The molecule has 10 heteroatoms. The van der Waals surface area contributed by atoms with Crippen molar-refractivity contribution in [3.8, 4) is 5.69 Å². The molecule has 134 valence electrons. The van der Waals surface area contributed by atoms with Crippen molar-refractivity contribution in [2.24, 2.45) is 0 Å². The molecule has 3 rings (SSSR count). The number of piperazine rings is 1. The molecule has 1 saturated heterocycles. The van der Waals surface area contributed by atoms with E-state index in [4.69, 9.17) is 0 Å². The predicted molar refractivity (Wildman–Crippen MR) is 91.4 cm³/mol. The summed E-state index contributed by atoms with van der Waals surface area (Å²) in [5, 5.41) is 4.15. The van der Waals surface area contributed by atoms with Crippen LogP contribution in [0, 0.1) is 0 Å². The van der Waals surface area contributed by atoms with Crippen LogP contribution in [0.2, 0.25) is 0 Å². The number of rotatable bonds is 4. The molecule has 0 radical (unpaired) electrons. The molecule has 0 aliphatic carbocycles. The maximum absolute atomic E-state index is 12.9. The van der Waals surface area contributed by atoms with Crippen LogP contribution in [0.15, 0.2) is 36.9 Å². The zero-order valence-electron chi connectivity index (χ0n) is 14.1. The monoisotopic (exact) mass is 364 g/mol. The zero-order valence-corrected chi connectivity index (χ0v) is 14.9. The van der Waals surface area contributed by atoms with Crippen molar-refractivity contribution in [2.75, 3.05) is 40.3 Å². The van der Waals surface area contributed by atoms with E-state index in [1.807, 2.05) is 0 Å². The topological polar surface area (TPSA) is 91.6 Å². The zero-order chi connectivity index (χ0) is 18.0. The second-order valence-electron chi connectivity index (χ2n) is 5.82. The Kier molecular flexibility index (Phi) is 4.84. The molecule has 0 atom stereocenters. The lowest BCUT2D eigenvalue weighted by Crippen LogP contribution is -2.53. The summed E-state index contributed by atoms with van der Waals surface area (Å²) >= 11 is 0. The summed E-state index contributed by atoms with van der Waals surface area (Å²) in [7, 11) is -0.452. The van der Waals surface area contributed by atoms with E-state index in [0.717, 1.165) is 0 Å². The molecule has 0 aromatic carbocycles. The molecule has 0 bridgehead atoms. The van der Waals surface area contributed by atoms with Crippen LogP contribution in [0.3, 0.4) is 0 Å². The Labute approximate surface area is 146 Å². The van der Waals surface area contributed by atoms with Crippen LogP contribution in [-0.4, -0.2) is 82.9 Å². The lowest BCUT2D eigenvalue weighted by atomic mass is 10.2.